The van der Waals surface area contributed by atoms with Gasteiger partial charge in [0.2, 0.25) is 0 Å². The summed E-state index contributed by atoms with van der Waals surface area (Å²) in [5.41, 5.74) is 0.211. The van der Waals surface area contributed by atoms with E-state index in [9.17, 15) is 13.2 Å². The maximum atomic E-state index is 12.5. The summed E-state index contributed by atoms with van der Waals surface area (Å²) in [4.78, 5) is 0. The van der Waals surface area contributed by atoms with Gasteiger partial charge in [-0.2, -0.15) is 13.2 Å². The second-order valence-corrected chi connectivity index (χ2v) is 4.02. The van der Waals surface area contributed by atoms with Crippen molar-refractivity contribution in [3.05, 3.63) is 66.0 Å². The molecule has 1 rings (SSSR count). The van der Waals surface area contributed by atoms with Crippen molar-refractivity contribution < 1.29 is 17.9 Å². The van der Waals surface area contributed by atoms with E-state index < -0.39 is 11.7 Å². The van der Waals surface area contributed by atoms with Gasteiger partial charge in [0.05, 0.1) is 5.56 Å². The van der Waals surface area contributed by atoms with Crippen molar-refractivity contribution in [1.82, 2.24) is 0 Å². The van der Waals surface area contributed by atoms with Crippen molar-refractivity contribution in [2.75, 3.05) is 0 Å². The van der Waals surface area contributed by atoms with E-state index in [1.54, 1.807) is 25.2 Å². The first-order valence-corrected chi connectivity index (χ1v) is 5.65. The van der Waals surface area contributed by atoms with E-state index in [4.69, 9.17) is 4.74 Å². The predicted molar refractivity (Wildman–Crippen MR) is 69.8 cm³/mol. The highest BCUT2D eigenvalue weighted by Crippen LogP contribution is 2.31. The van der Waals surface area contributed by atoms with E-state index in [0.717, 1.165) is 17.7 Å². The second kappa shape index (κ2) is 6.27. The molecule has 0 spiro atoms. The van der Waals surface area contributed by atoms with Crippen LogP contribution in [0.3, 0.4) is 0 Å². The van der Waals surface area contributed by atoms with Crippen molar-refractivity contribution >= 4 is 0 Å². The molecular weight excluding hydrogens is 253 g/mol. The van der Waals surface area contributed by atoms with Gasteiger partial charge in [-0.1, -0.05) is 30.4 Å². The van der Waals surface area contributed by atoms with Gasteiger partial charge in [-0.15, -0.1) is 0 Å². The van der Waals surface area contributed by atoms with Gasteiger partial charge in [0.25, 0.3) is 0 Å². The molecule has 0 radical (unpaired) electrons. The largest absolute Gasteiger partial charge is 0.462 e. The normalized spacial score (nSPS) is 13.3. The smallest absolute Gasteiger partial charge is 0.416 e. The Balaban J connectivity index is 2.86. The van der Waals surface area contributed by atoms with E-state index >= 15 is 0 Å². The van der Waals surface area contributed by atoms with E-state index in [1.165, 1.54) is 12.1 Å². The van der Waals surface area contributed by atoms with Crippen LogP contribution in [0.2, 0.25) is 0 Å². The molecular formula is C15H15F3O. The molecule has 0 saturated carbocycles. The number of benzene rings is 1. The van der Waals surface area contributed by atoms with Crippen LogP contribution in [0.4, 0.5) is 13.2 Å². The average Bonchev–Trinajstić information content (AvgIpc) is 2.35. The third-order valence-electron chi connectivity index (χ3n) is 2.34. The first-order valence-electron chi connectivity index (χ1n) is 5.65. The van der Waals surface area contributed by atoms with Crippen molar-refractivity contribution in [2.45, 2.75) is 20.0 Å². The fourth-order valence-electron chi connectivity index (χ4n) is 1.27. The molecule has 0 N–H and O–H groups in total. The molecule has 102 valence electrons. The van der Waals surface area contributed by atoms with E-state index in [1.807, 2.05) is 6.92 Å². The van der Waals surface area contributed by atoms with E-state index in [2.05, 4.69) is 6.58 Å². The van der Waals surface area contributed by atoms with E-state index in [0.29, 0.717) is 5.76 Å². The zero-order chi connectivity index (χ0) is 14.5. The summed E-state index contributed by atoms with van der Waals surface area (Å²) < 4.78 is 42.9. The fourth-order valence-corrected chi connectivity index (χ4v) is 1.27. The number of hydrogen-bond donors (Lipinski definition) is 0. The Morgan fingerprint density at radius 3 is 2.47 bits per heavy atom. The molecule has 1 aromatic rings. The summed E-state index contributed by atoms with van der Waals surface area (Å²) in [6.45, 7) is 7.13. The van der Waals surface area contributed by atoms with Crippen molar-refractivity contribution in [3.63, 3.8) is 0 Å². The first kappa shape index (κ1) is 15.1. The quantitative estimate of drug-likeness (QED) is 0.544. The molecule has 0 aromatic heterocycles. The molecule has 0 aliphatic carbocycles. The van der Waals surface area contributed by atoms with Crippen LogP contribution in [-0.2, 0) is 6.18 Å². The summed E-state index contributed by atoms with van der Waals surface area (Å²) in [6.07, 6.45) is 0.762. The Morgan fingerprint density at radius 1 is 1.21 bits per heavy atom. The topological polar surface area (TPSA) is 9.23 Å². The third kappa shape index (κ3) is 5.04. The highest BCUT2D eigenvalue weighted by atomic mass is 19.4. The summed E-state index contributed by atoms with van der Waals surface area (Å²) in [5, 5.41) is 0. The maximum Gasteiger partial charge on any atom is 0.416 e. The zero-order valence-corrected chi connectivity index (χ0v) is 10.8. The zero-order valence-electron chi connectivity index (χ0n) is 10.8. The summed E-state index contributed by atoms with van der Waals surface area (Å²) >= 11 is 0. The Hall–Kier alpha value is -1.97. The molecule has 1 aromatic carbocycles. The minimum Gasteiger partial charge on any atom is -0.462 e. The average molecular weight is 268 g/mol. The lowest BCUT2D eigenvalue weighted by Gasteiger charge is -2.09. The molecule has 0 heterocycles. The molecule has 0 atom stereocenters. The van der Waals surface area contributed by atoms with Crippen LogP contribution in [0.15, 0.2) is 60.4 Å². The summed E-state index contributed by atoms with van der Waals surface area (Å²) in [7, 11) is 0. The lowest BCUT2D eigenvalue weighted by Crippen LogP contribution is -2.04. The van der Waals surface area contributed by atoms with Crippen molar-refractivity contribution in [1.29, 1.82) is 0 Å². The van der Waals surface area contributed by atoms with Gasteiger partial charge in [-0.05, 0) is 38.1 Å². The lowest BCUT2D eigenvalue weighted by molar-refractivity contribution is -0.137. The van der Waals surface area contributed by atoms with Crippen LogP contribution in [0, 0.1) is 0 Å². The molecule has 19 heavy (non-hydrogen) atoms. The molecule has 4 heteroatoms. The van der Waals surface area contributed by atoms with Gasteiger partial charge < -0.3 is 4.74 Å². The third-order valence-corrected chi connectivity index (χ3v) is 2.34. The highest BCUT2D eigenvalue weighted by molar-refractivity contribution is 5.32. The Morgan fingerprint density at radius 2 is 1.89 bits per heavy atom. The van der Waals surface area contributed by atoms with Gasteiger partial charge in [-0.3, -0.25) is 0 Å². The number of allylic oxidation sites excluding steroid dienone is 5. The van der Waals surface area contributed by atoms with Gasteiger partial charge in [-0.25, -0.2) is 0 Å². The molecule has 0 saturated heterocycles. The molecule has 0 aliphatic rings. The number of hydrogen-bond acceptors (Lipinski definition) is 1. The summed E-state index contributed by atoms with van der Waals surface area (Å²) in [5.74, 6) is 0.661. The van der Waals surface area contributed by atoms with Gasteiger partial charge >= 0.3 is 6.18 Å². The van der Waals surface area contributed by atoms with Crippen LogP contribution in [0.5, 0.6) is 5.75 Å². The Kier molecular flexibility index (Phi) is 4.98. The molecule has 0 aliphatic heterocycles. The van der Waals surface area contributed by atoms with Crippen molar-refractivity contribution in [2.24, 2.45) is 0 Å². The summed E-state index contributed by atoms with van der Waals surface area (Å²) in [6, 6.07) is 4.78. The minimum atomic E-state index is -4.36. The number of alkyl halides is 3. The number of halogens is 3. The standard InChI is InChI=1S/C15H15F3O/c1-4-11(2)8-9-12(3)19-14-7-5-6-13(10-14)15(16,17)18/h4-10H,1H2,2-3H3/b11-8-,12-9+. The van der Waals surface area contributed by atoms with Gasteiger partial charge in [0.1, 0.15) is 11.5 Å². The van der Waals surface area contributed by atoms with Gasteiger partial charge in [0, 0.05) is 0 Å². The predicted octanol–water partition coefficient (Wildman–Crippen LogP) is 5.12. The number of rotatable bonds is 4. The SMILES string of the molecule is C=C/C(C)=C\C=C(/C)Oc1cccc(C(F)(F)F)c1. The Bertz CT molecular complexity index is 510. The fraction of sp³-hybridized carbons (Fsp3) is 0.200. The highest BCUT2D eigenvalue weighted by Gasteiger charge is 2.30. The van der Waals surface area contributed by atoms with Crippen molar-refractivity contribution in [3.8, 4) is 5.75 Å². The molecule has 1 nitrogen and oxygen atoms in total. The van der Waals surface area contributed by atoms with Crippen LogP contribution in [-0.4, -0.2) is 0 Å². The lowest BCUT2D eigenvalue weighted by atomic mass is 10.2. The van der Waals surface area contributed by atoms with Crippen LogP contribution < -0.4 is 4.74 Å². The molecule has 0 fully saturated rings. The first-order chi connectivity index (χ1) is 8.82. The van der Waals surface area contributed by atoms with Crippen LogP contribution >= 0.6 is 0 Å². The minimum absolute atomic E-state index is 0.160. The van der Waals surface area contributed by atoms with Gasteiger partial charge in [0.15, 0.2) is 0 Å². The maximum absolute atomic E-state index is 12.5. The monoisotopic (exact) mass is 268 g/mol. The van der Waals surface area contributed by atoms with Crippen LogP contribution in [0.1, 0.15) is 19.4 Å². The molecule has 0 amide bonds. The molecule has 0 bridgehead atoms. The number of ether oxygens (including phenoxy) is 1. The van der Waals surface area contributed by atoms with Crippen LogP contribution in [0.25, 0.3) is 0 Å². The second-order valence-electron chi connectivity index (χ2n) is 4.02. The van der Waals surface area contributed by atoms with E-state index in [-0.39, 0.29) is 5.75 Å². The Labute approximate surface area is 110 Å². The molecule has 0 unspecified atom stereocenters.